The van der Waals surface area contributed by atoms with Crippen molar-refractivity contribution in [3.8, 4) is 0 Å². The van der Waals surface area contributed by atoms with Crippen molar-refractivity contribution >= 4 is 5.97 Å². The quantitative estimate of drug-likeness (QED) is 0.740. The zero-order valence-corrected chi connectivity index (χ0v) is 11.9. The number of nitrogens with two attached hydrogens (primary N) is 1. The minimum atomic E-state index is -0.977. The Kier molecular flexibility index (Phi) is 5.92. The first kappa shape index (κ1) is 15.6. The Morgan fingerprint density at radius 3 is 2.84 bits per heavy atom. The number of esters is 1. The summed E-state index contributed by atoms with van der Waals surface area (Å²) < 4.78 is 4.97. The molecule has 0 aliphatic rings. The molecule has 0 aliphatic heterocycles. The molecule has 0 aromatic carbocycles. The zero-order chi connectivity index (χ0) is 14.3. The Morgan fingerprint density at radius 2 is 2.26 bits per heavy atom. The van der Waals surface area contributed by atoms with Gasteiger partial charge < -0.3 is 15.4 Å². The van der Waals surface area contributed by atoms with Crippen LogP contribution in [0.2, 0.25) is 0 Å². The lowest BCUT2D eigenvalue weighted by Crippen LogP contribution is -2.54. The summed E-state index contributed by atoms with van der Waals surface area (Å²) in [4.78, 5) is 18.0. The number of likely N-dealkylation sites (N-methyl/N-ethyl adjacent to an activating group) is 1. The van der Waals surface area contributed by atoms with Gasteiger partial charge in [0.15, 0.2) is 0 Å². The monoisotopic (exact) mass is 265 g/mol. The predicted octanol–water partition coefficient (Wildman–Crippen LogP) is 0.836. The van der Waals surface area contributed by atoms with Gasteiger partial charge in [0.2, 0.25) is 0 Å². The SMILES string of the molecule is CCOC(=O)C(C)(N)CN(C)CCc1ccccn1. The summed E-state index contributed by atoms with van der Waals surface area (Å²) in [6, 6.07) is 5.85. The summed E-state index contributed by atoms with van der Waals surface area (Å²) in [6.07, 6.45) is 2.61. The maximum absolute atomic E-state index is 11.7. The molecule has 0 bridgehead atoms. The maximum atomic E-state index is 11.7. The Hall–Kier alpha value is -1.46. The number of ether oxygens (including phenoxy) is 1. The van der Waals surface area contributed by atoms with Gasteiger partial charge in [-0.15, -0.1) is 0 Å². The minimum absolute atomic E-state index is 0.350. The highest BCUT2D eigenvalue weighted by molar-refractivity contribution is 5.80. The molecule has 1 heterocycles. The molecule has 0 radical (unpaired) electrons. The van der Waals surface area contributed by atoms with Crippen molar-refractivity contribution in [3.63, 3.8) is 0 Å². The fourth-order valence-electron chi connectivity index (χ4n) is 1.85. The van der Waals surface area contributed by atoms with Crippen LogP contribution in [-0.4, -0.2) is 48.1 Å². The Morgan fingerprint density at radius 1 is 1.53 bits per heavy atom. The molecular weight excluding hydrogens is 242 g/mol. The third-order valence-corrected chi connectivity index (χ3v) is 2.82. The van der Waals surface area contributed by atoms with Gasteiger partial charge in [0.1, 0.15) is 5.54 Å². The van der Waals surface area contributed by atoms with E-state index >= 15 is 0 Å². The highest BCUT2D eigenvalue weighted by atomic mass is 16.5. The number of hydrogen-bond acceptors (Lipinski definition) is 5. The lowest BCUT2D eigenvalue weighted by Gasteiger charge is -2.28. The van der Waals surface area contributed by atoms with Crippen LogP contribution in [0.25, 0.3) is 0 Å². The number of carbonyl (C=O) groups excluding carboxylic acids is 1. The Balaban J connectivity index is 2.42. The van der Waals surface area contributed by atoms with E-state index in [-0.39, 0.29) is 5.97 Å². The molecule has 1 atom stereocenters. The molecule has 1 aromatic heterocycles. The molecule has 0 spiro atoms. The second kappa shape index (κ2) is 7.21. The third kappa shape index (κ3) is 5.36. The minimum Gasteiger partial charge on any atom is -0.465 e. The van der Waals surface area contributed by atoms with Crippen molar-refractivity contribution in [1.29, 1.82) is 0 Å². The second-order valence-electron chi connectivity index (χ2n) is 4.95. The molecule has 19 heavy (non-hydrogen) atoms. The number of carbonyl (C=O) groups is 1. The molecular formula is C14H23N3O2. The van der Waals surface area contributed by atoms with Crippen molar-refractivity contribution in [2.75, 3.05) is 26.7 Å². The highest BCUT2D eigenvalue weighted by Crippen LogP contribution is 2.06. The van der Waals surface area contributed by atoms with Gasteiger partial charge >= 0.3 is 5.97 Å². The van der Waals surface area contributed by atoms with E-state index in [9.17, 15) is 4.79 Å². The van der Waals surface area contributed by atoms with E-state index in [2.05, 4.69) is 4.98 Å². The van der Waals surface area contributed by atoms with Gasteiger partial charge in [-0.1, -0.05) is 6.07 Å². The molecule has 5 nitrogen and oxygen atoms in total. The van der Waals surface area contributed by atoms with E-state index in [1.807, 2.05) is 30.1 Å². The molecule has 0 saturated carbocycles. The summed E-state index contributed by atoms with van der Waals surface area (Å²) in [5, 5.41) is 0. The maximum Gasteiger partial charge on any atom is 0.327 e. The average molecular weight is 265 g/mol. The Labute approximate surface area is 114 Å². The van der Waals surface area contributed by atoms with Gasteiger partial charge in [0, 0.05) is 31.4 Å². The summed E-state index contributed by atoms with van der Waals surface area (Å²) in [5.74, 6) is -0.361. The van der Waals surface area contributed by atoms with E-state index in [4.69, 9.17) is 10.5 Å². The van der Waals surface area contributed by atoms with Gasteiger partial charge in [0.25, 0.3) is 0 Å². The van der Waals surface area contributed by atoms with Crippen LogP contribution in [0.5, 0.6) is 0 Å². The van der Waals surface area contributed by atoms with Crippen molar-refractivity contribution in [2.45, 2.75) is 25.8 Å². The van der Waals surface area contributed by atoms with Crippen LogP contribution in [0.15, 0.2) is 24.4 Å². The first-order chi connectivity index (χ1) is 8.95. The van der Waals surface area contributed by atoms with Crippen molar-refractivity contribution in [1.82, 2.24) is 9.88 Å². The van der Waals surface area contributed by atoms with Crippen molar-refractivity contribution < 1.29 is 9.53 Å². The van der Waals surface area contributed by atoms with Gasteiger partial charge in [-0.2, -0.15) is 0 Å². The van der Waals surface area contributed by atoms with Gasteiger partial charge in [-0.05, 0) is 33.0 Å². The molecule has 2 N–H and O–H groups in total. The van der Waals surface area contributed by atoms with E-state index in [0.29, 0.717) is 13.2 Å². The molecule has 0 aliphatic carbocycles. The van der Waals surface area contributed by atoms with Crippen LogP contribution >= 0.6 is 0 Å². The number of hydrogen-bond donors (Lipinski definition) is 1. The topological polar surface area (TPSA) is 68.5 Å². The van der Waals surface area contributed by atoms with E-state index in [1.165, 1.54) is 0 Å². The van der Waals surface area contributed by atoms with Crippen LogP contribution < -0.4 is 5.73 Å². The van der Waals surface area contributed by atoms with Gasteiger partial charge in [-0.3, -0.25) is 9.78 Å². The molecule has 5 heteroatoms. The van der Waals surface area contributed by atoms with Crippen LogP contribution in [-0.2, 0) is 16.0 Å². The predicted molar refractivity (Wildman–Crippen MR) is 74.7 cm³/mol. The number of aromatic nitrogens is 1. The first-order valence-electron chi connectivity index (χ1n) is 6.50. The van der Waals surface area contributed by atoms with Gasteiger partial charge in [-0.25, -0.2) is 0 Å². The molecule has 1 unspecified atom stereocenters. The molecule has 0 fully saturated rings. The molecule has 0 saturated heterocycles. The van der Waals surface area contributed by atoms with E-state index in [0.717, 1.165) is 18.7 Å². The second-order valence-corrected chi connectivity index (χ2v) is 4.95. The number of rotatable bonds is 7. The smallest absolute Gasteiger partial charge is 0.327 e. The van der Waals surface area contributed by atoms with Crippen LogP contribution in [0.1, 0.15) is 19.5 Å². The summed E-state index contributed by atoms with van der Waals surface area (Å²) in [6.45, 7) is 5.08. The lowest BCUT2D eigenvalue weighted by atomic mass is 10.0. The largest absolute Gasteiger partial charge is 0.465 e. The Bertz CT molecular complexity index is 393. The number of nitrogens with zero attached hydrogens (tertiary/aromatic N) is 2. The first-order valence-corrected chi connectivity index (χ1v) is 6.50. The average Bonchev–Trinajstić information content (AvgIpc) is 2.37. The third-order valence-electron chi connectivity index (χ3n) is 2.82. The lowest BCUT2D eigenvalue weighted by molar-refractivity contribution is -0.149. The molecule has 1 aromatic rings. The normalized spacial score (nSPS) is 14.2. The fraction of sp³-hybridized carbons (Fsp3) is 0.571. The van der Waals surface area contributed by atoms with E-state index in [1.54, 1.807) is 20.0 Å². The number of pyridine rings is 1. The van der Waals surface area contributed by atoms with Gasteiger partial charge in [0.05, 0.1) is 6.61 Å². The summed E-state index contributed by atoms with van der Waals surface area (Å²) in [5.41, 5.74) is 6.04. The van der Waals surface area contributed by atoms with Crippen molar-refractivity contribution in [2.24, 2.45) is 5.73 Å². The molecule has 1 rings (SSSR count). The summed E-state index contributed by atoms with van der Waals surface area (Å²) >= 11 is 0. The van der Waals surface area contributed by atoms with Crippen LogP contribution in [0.4, 0.5) is 0 Å². The van der Waals surface area contributed by atoms with Crippen molar-refractivity contribution in [3.05, 3.63) is 30.1 Å². The van der Waals surface area contributed by atoms with Crippen LogP contribution in [0.3, 0.4) is 0 Å². The zero-order valence-electron chi connectivity index (χ0n) is 11.9. The van der Waals surface area contributed by atoms with Crippen LogP contribution in [0, 0.1) is 0 Å². The highest BCUT2D eigenvalue weighted by Gasteiger charge is 2.31. The summed E-state index contributed by atoms with van der Waals surface area (Å²) in [7, 11) is 1.94. The standard InChI is InChI=1S/C14H23N3O2/c1-4-19-13(18)14(2,15)11-17(3)10-8-12-7-5-6-9-16-12/h5-7,9H,4,8,10-11,15H2,1-3H3. The molecule has 0 amide bonds. The van der Waals surface area contributed by atoms with E-state index < -0.39 is 5.54 Å². The fourth-order valence-corrected chi connectivity index (χ4v) is 1.85. The molecule has 106 valence electrons.